The molecule has 1 aliphatic heterocycles. The lowest BCUT2D eigenvalue weighted by Gasteiger charge is -2.22. The van der Waals surface area contributed by atoms with Gasteiger partial charge in [-0.2, -0.15) is 5.10 Å². The van der Waals surface area contributed by atoms with Gasteiger partial charge >= 0.3 is 5.69 Å². The fourth-order valence-electron chi connectivity index (χ4n) is 2.12. The average molecular weight is 254 g/mol. The molecule has 0 radical (unpaired) electrons. The number of rotatable bonds is 4. The molecule has 1 fully saturated rings. The second-order valence-corrected chi connectivity index (χ2v) is 4.22. The van der Waals surface area contributed by atoms with E-state index in [1.165, 1.54) is 10.9 Å². The van der Waals surface area contributed by atoms with E-state index in [0.717, 1.165) is 19.0 Å². The van der Waals surface area contributed by atoms with Crippen molar-refractivity contribution in [1.82, 2.24) is 14.7 Å². The van der Waals surface area contributed by atoms with Crippen LogP contribution in [0.5, 0.6) is 0 Å². The van der Waals surface area contributed by atoms with Crippen molar-refractivity contribution in [3.05, 3.63) is 22.5 Å². The molecule has 8 nitrogen and oxygen atoms in total. The van der Waals surface area contributed by atoms with Crippen molar-refractivity contribution in [2.75, 3.05) is 13.2 Å². The smallest absolute Gasteiger partial charge is 0.307 e. The van der Waals surface area contributed by atoms with Crippen molar-refractivity contribution in [2.45, 2.75) is 25.4 Å². The SMILES string of the molecule is O=C(Cn1cc([N+](=O)[O-])cn1)N1CCC[C@H]1CO. The first-order chi connectivity index (χ1) is 8.61. The van der Waals surface area contributed by atoms with E-state index in [1.807, 2.05) is 0 Å². The number of nitro groups is 1. The molecule has 1 N–H and O–H groups in total. The highest BCUT2D eigenvalue weighted by molar-refractivity contribution is 5.76. The molecule has 0 saturated carbocycles. The zero-order chi connectivity index (χ0) is 13.1. The molecule has 98 valence electrons. The van der Waals surface area contributed by atoms with Crippen molar-refractivity contribution in [1.29, 1.82) is 0 Å². The molecule has 2 rings (SSSR count). The molecule has 0 aliphatic carbocycles. The van der Waals surface area contributed by atoms with Crippen LogP contribution in [0.15, 0.2) is 12.4 Å². The third kappa shape index (κ3) is 2.48. The first kappa shape index (κ1) is 12.5. The van der Waals surface area contributed by atoms with Gasteiger partial charge in [0.2, 0.25) is 5.91 Å². The van der Waals surface area contributed by atoms with Gasteiger partial charge < -0.3 is 10.0 Å². The van der Waals surface area contributed by atoms with Crippen LogP contribution in [-0.2, 0) is 11.3 Å². The number of aromatic nitrogens is 2. The van der Waals surface area contributed by atoms with Crippen LogP contribution in [0.25, 0.3) is 0 Å². The van der Waals surface area contributed by atoms with Crippen LogP contribution in [0, 0.1) is 10.1 Å². The Balaban J connectivity index is 2.00. The molecule has 0 aromatic carbocycles. The summed E-state index contributed by atoms with van der Waals surface area (Å²) in [6.45, 7) is 0.531. The minimum absolute atomic E-state index is 0.0374. The summed E-state index contributed by atoms with van der Waals surface area (Å²) in [7, 11) is 0. The summed E-state index contributed by atoms with van der Waals surface area (Å²) in [6, 6.07) is -0.136. The number of hydrogen-bond acceptors (Lipinski definition) is 5. The maximum atomic E-state index is 11.9. The van der Waals surface area contributed by atoms with E-state index in [-0.39, 0.29) is 30.8 Å². The highest BCUT2D eigenvalue weighted by Crippen LogP contribution is 2.17. The number of aliphatic hydroxyl groups is 1. The maximum absolute atomic E-state index is 11.9. The summed E-state index contributed by atoms with van der Waals surface area (Å²) >= 11 is 0. The third-order valence-corrected chi connectivity index (χ3v) is 3.04. The Bertz CT molecular complexity index is 458. The molecule has 1 aromatic rings. The van der Waals surface area contributed by atoms with Crippen LogP contribution < -0.4 is 0 Å². The van der Waals surface area contributed by atoms with Crippen molar-refractivity contribution in [2.24, 2.45) is 0 Å². The first-order valence-corrected chi connectivity index (χ1v) is 5.69. The summed E-state index contributed by atoms with van der Waals surface area (Å²) < 4.78 is 1.24. The largest absolute Gasteiger partial charge is 0.394 e. The Hall–Kier alpha value is -1.96. The molecule has 1 atom stereocenters. The minimum Gasteiger partial charge on any atom is -0.394 e. The van der Waals surface area contributed by atoms with Crippen LogP contribution in [0.2, 0.25) is 0 Å². The Kier molecular flexibility index (Phi) is 3.56. The van der Waals surface area contributed by atoms with Crippen LogP contribution in [-0.4, -0.2) is 49.8 Å². The molecule has 1 aromatic heterocycles. The van der Waals surface area contributed by atoms with Gasteiger partial charge in [-0.25, -0.2) is 0 Å². The average Bonchev–Trinajstić information content (AvgIpc) is 2.96. The van der Waals surface area contributed by atoms with E-state index in [0.29, 0.717) is 6.54 Å². The summed E-state index contributed by atoms with van der Waals surface area (Å²) in [5, 5.41) is 23.4. The molecule has 8 heteroatoms. The lowest BCUT2D eigenvalue weighted by molar-refractivity contribution is -0.385. The van der Waals surface area contributed by atoms with E-state index < -0.39 is 4.92 Å². The highest BCUT2D eigenvalue weighted by Gasteiger charge is 2.28. The molecular weight excluding hydrogens is 240 g/mol. The Labute approximate surface area is 103 Å². The number of likely N-dealkylation sites (tertiary alicyclic amines) is 1. The van der Waals surface area contributed by atoms with Gasteiger partial charge in [0, 0.05) is 6.54 Å². The van der Waals surface area contributed by atoms with E-state index in [4.69, 9.17) is 5.11 Å². The lowest BCUT2D eigenvalue weighted by atomic mass is 10.2. The van der Waals surface area contributed by atoms with Gasteiger partial charge in [0.15, 0.2) is 0 Å². The standard InChI is InChI=1S/C10H14N4O4/c15-7-8-2-1-3-13(8)10(16)6-12-5-9(4-11-12)14(17)18/h4-5,8,15H,1-3,6-7H2/t8-/m0/s1. The predicted octanol–water partition coefficient (Wildman–Crippen LogP) is -0.225. The van der Waals surface area contributed by atoms with Gasteiger partial charge in [-0.15, -0.1) is 0 Å². The molecule has 0 bridgehead atoms. The summed E-state index contributed by atoms with van der Waals surface area (Å²) in [4.78, 5) is 23.5. The molecule has 1 aliphatic rings. The second kappa shape index (κ2) is 5.13. The number of carbonyl (C=O) groups excluding carboxylic acids is 1. The van der Waals surface area contributed by atoms with Crippen molar-refractivity contribution >= 4 is 11.6 Å². The maximum Gasteiger partial charge on any atom is 0.307 e. The fraction of sp³-hybridized carbons (Fsp3) is 0.600. The first-order valence-electron chi connectivity index (χ1n) is 5.69. The monoisotopic (exact) mass is 254 g/mol. The molecule has 0 unspecified atom stereocenters. The molecule has 0 spiro atoms. The fourth-order valence-corrected chi connectivity index (χ4v) is 2.12. The molecule has 1 saturated heterocycles. The van der Waals surface area contributed by atoms with E-state index in [1.54, 1.807) is 4.90 Å². The van der Waals surface area contributed by atoms with Crippen LogP contribution in [0.3, 0.4) is 0 Å². The second-order valence-electron chi connectivity index (χ2n) is 4.22. The molecule has 2 heterocycles. The Morgan fingerprint density at radius 3 is 3.06 bits per heavy atom. The van der Waals surface area contributed by atoms with Crippen LogP contribution >= 0.6 is 0 Å². The van der Waals surface area contributed by atoms with Gasteiger partial charge in [-0.1, -0.05) is 0 Å². The van der Waals surface area contributed by atoms with Gasteiger partial charge in [0.05, 0.1) is 17.6 Å². The van der Waals surface area contributed by atoms with Crippen molar-refractivity contribution < 1.29 is 14.8 Å². The van der Waals surface area contributed by atoms with Gasteiger partial charge in [-0.3, -0.25) is 19.6 Å². The summed E-state index contributed by atoms with van der Waals surface area (Å²) in [5.41, 5.74) is -0.136. The van der Waals surface area contributed by atoms with Crippen molar-refractivity contribution in [3.63, 3.8) is 0 Å². The third-order valence-electron chi connectivity index (χ3n) is 3.04. The summed E-state index contributed by atoms with van der Waals surface area (Å²) in [6.07, 6.45) is 4.00. The minimum atomic E-state index is -0.555. The zero-order valence-electron chi connectivity index (χ0n) is 9.73. The Morgan fingerprint density at radius 2 is 2.44 bits per heavy atom. The Morgan fingerprint density at radius 1 is 1.67 bits per heavy atom. The molecule has 18 heavy (non-hydrogen) atoms. The van der Waals surface area contributed by atoms with E-state index in [2.05, 4.69) is 5.10 Å². The van der Waals surface area contributed by atoms with Gasteiger partial charge in [0.1, 0.15) is 18.9 Å². The zero-order valence-corrected chi connectivity index (χ0v) is 9.73. The number of amides is 1. The predicted molar refractivity (Wildman–Crippen MR) is 60.7 cm³/mol. The van der Waals surface area contributed by atoms with Crippen LogP contribution in [0.1, 0.15) is 12.8 Å². The van der Waals surface area contributed by atoms with Gasteiger partial charge in [0.25, 0.3) is 0 Å². The number of hydrogen-bond donors (Lipinski definition) is 1. The quantitative estimate of drug-likeness (QED) is 0.591. The van der Waals surface area contributed by atoms with Crippen molar-refractivity contribution in [3.8, 4) is 0 Å². The highest BCUT2D eigenvalue weighted by atomic mass is 16.6. The number of aliphatic hydroxyl groups excluding tert-OH is 1. The molecule has 1 amide bonds. The number of carbonyl (C=O) groups is 1. The van der Waals surface area contributed by atoms with E-state index in [9.17, 15) is 14.9 Å². The lowest BCUT2D eigenvalue weighted by Crippen LogP contribution is -2.39. The van der Waals surface area contributed by atoms with Gasteiger partial charge in [-0.05, 0) is 12.8 Å². The van der Waals surface area contributed by atoms with Crippen LogP contribution in [0.4, 0.5) is 5.69 Å². The number of nitrogens with zero attached hydrogens (tertiary/aromatic N) is 4. The topological polar surface area (TPSA) is 102 Å². The molecular formula is C10H14N4O4. The van der Waals surface area contributed by atoms with E-state index >= 15 is 0 Å². The normalized spacial score (nSPS) is 19.2. The summed E-state index contributed by atoms with van der Waals surface area (Å²) in [5.74, 6) is -0.176.